The van der Waals surface area contributed by atoms with Gasteiger partial charge >= 0.3 is 134 Å². The molecule has 0 saturated carbocycles. The number of allylic oxidation sites excluding steroid dienone is 1. The third-order valence-electron chi connectivity index (χ3n) is 4.47. The van der Waals surface area contributed by atoms with Crippen LogP contribution < -0.4 is 0 Å². The second-order valence-corrected chi connectivity index (χ2v) is 20.1. The number of unbranched alkanes of at least 4 members (excludes halogenated alkanes) is 3. The quantitative estimate of drug-likeness (QED) is 0.290. The molecule has 0 saturated heterocycles. The average Bonchev–Trinajstić information content (AvgIpc) is 2.44. The summed E-state index contributed by atoms with van der Waals surface area (Å²) in [6, 6.07) is 0. The van der Waals surface area contributed by atoms with Crippen molar-refractivity contribution in [1.29, 1.82) is 0 Å². The molecule has 0 aliphatic carbocycles. The van der Waals surface area contributed by atoms with Crippen molar-refractivity contribution >= 4 is 18.4 Å². The van der Waals surface area contributed by atoms with Gasteiger partial charge in [0, 0.05) is 0 Å². The maximum absolute atomic E-state index is 2.83. The Bertz CT molecular complexity index is 208. The molecule has 0 nitrogen and oxygen atoms in total. The minimum absolute atomic E-state index is 0.853. The molecule has 0 fully saturated rings. The SMILES string of the molecule is CCC[CH2][Sn](/[CH]=C/CCC(C)C)([CH2]CCC)[CH2]CCC. The van der Waals surface area contributed by atoms with E-state index in [1.165, 1.54) is 51.4 Å². The Labute approximate surface area is 133 Å². The zero-order valence-electron chi connectivity index (χ0n) is 15.0. The monoisotopic (exact) mass is 388 g/mol. The molecule has 0 atom stereocenters. The molecule has 0 aromatic heterocycles. The Kier molecular flexibility index (Phi) is 13.6. The molecule has 0 rings (SSSR count). The predicted octanol–water partition coefficient (Wildman–Crippen LogP) is 7.37. The van der Waals surface area contributed by atoms with E-state index in [1.54, 1.807) is 13.3 Å². The normalized spacial score (nSPS) is 12.7. The fourth-order valence-electron chi connectivity index (χ4n) is 2.97. The van der Waals surface area contributed by atoms with Crippen LogP contribution in [0.15, 0.2) is 10.2 Å². The van der Waals surface area contributed by atoms with Crippen molar-refractivity contribution < 1.29 is 0 Å². The summed E-state index contributed by atoms with van der Waals surface area (Å²) in [7, 11) is 0. The Morgan fingerprint density at radius 1 is 0.800 bits per heavy atom. The standard InChI is InChI=1S/C7H13.3C4H9.Sn/c1-4-5-6-7(2)3;3*1-3-4-2;/h1,4,7H,5-6H2,2-3H3;3*1,3-4H2,2H3;. The van der Waals surface area contributed by atoms with Gasteiger partial charge in [-0.3, -0.25) is 0 Å². The Hall–Kier alpha value is 0.539. The van der Waals surface area contributed by atoms with Gasteiger partial charge in [-0.2, -0.15) is 0 Å². The molecular weight excluding hydrogens is 347 g/mol. The van der Waals surface area contributed by atoms with Crippen LogP contribution >= 0.6 is 0 Å². The summed E-state index contributed by atoms with van der Waals surface area (Å²) in [6.45, 7) is 11.8. The van der Waals surface area contributed by atoms with E-state index in [0.29, 0.717) is 0 Å². The summed E-state index contributed by atoms with van der Waals surface area (Å²) in [5, 5.41) is 0. The van der Waals surface area contributed by atoms with Gasteiger partial charge in [0.15, 0.2) is 0 Å². The molecule has 0 amide bonds. The van der Waals surface area contributed by atoms with Gasteiger partial charge in [-0.1, -0.05) is 0 Å². The van der Waals surface area contributed by atoms with E-state index in [1.807, 2.05) is 0 Å². The summed E-state index contributed by atoms with van der Waals surface area (Å²) in [6.07, 6.45) is 13.9. The van der Waals surface area contributed by atoms with Gasteiger partial charge < -0.3 is 0 Å². The topological polar surface area (TPSA) is 0 Å². The molecule has 0 radical (unpaired) electrons. The van der Waals surface area contributed by atoms with Crippen LogP contribution in [0, 0.1) is 5.92 Å². The third-order valence-corrected chi connectivity index (χ3v) is 18.7. The molecule has 0 bridgehead atoms. The van der Waals surface area contributed by atoms with Crippen molar-refractivity contribution in [3.63, 3.8) is 0 Å². The van der Waals surface area contributed by atoms with Gasteiger partial charge in [0.2, 0.25) is 0 Å². The van der Waals surface area contributed by atoms with Crippen molar-refractivity contribution in [3.8, 4) is 0 Å². The van der Waals surface area contributed by atoms with Crippen molar-refractivity contribution in [3.05, 3.63) is 10.2 Å². The molecule has 20 heavy (non-hydrogen) atoms. The second-order valence-electron chi connectivity index (χ2n) is 7.05. The Balaban J connectivity index is 4.64. The van der Waals surface area contributed by atoms with Crippen molar-refractivity contribution in [2.24, 2.45) is 5.92 Å². The molecule has 1 heteroatoms. The molecule has 0 aromatic rings. The van der Waals surface area contributed by atoms with Crippen molar-refractivity contribution in [2.75, 3.05) is 0 Å². The first-order valence-electron chi connectivity index (χ1n) is 9.28. The Morgan fingerprint density at radius 2 is 1.25 bits per heavy atom. The summed E-state index contributed by atoms with van der Waals surface area (Å²) in [5.74, 6) is 0.853. The van der Waals surface area contributed by atoms with Crippen molar-refractivity contribution in [1.82, 2.24) is 0 Å². The van der Waals surface area contributed by atoms with Crippen LogP contribution in [0.3, 0.4) is 0 Å². The second kappa shape index (κ2) is 13.2. The van der Waals surface area contributed by atoms with Crippen LogP contribution in [-0.4, -0.2) is 18.4 Å². The number of hydrogen-bond donors (Lipinski definition) is 0. The molecule has 0 N–H and O–H groups in total. The summed E-state index contributed by atoms with van der Waals surface area (Å²) in [4.78, 5) is 0. The summed E-state index contributed by atoms with van der Waals surface area (Å²) >= 11 is -1.94. The molecule has 0 aliphatic rings. The molecule has 120 valence electrons. The van der Waals surface area contributed by atoms with Gasteiger partial charge in [0.05, 0.1) is 0 Å². The first-order chi connectivity index (χ1) is 9.60. The van der Waals surface area contributed by atoms with E-state index in [-0.39, 0.29) is 0 Å². The summed E-state index contributed by atoms with van der Waals surface area (Å²) < 4.78 is 7.67. The van der Waals surface area contributed by atoms with Gasteiger partial charge in [0.1, 0.15) is 0 Å². The minimum atomic E-state index is -1.94. The fraction of sp³-hybridized carbons (Fsp3) is 0.895. The van der Waals surface area contributed by atoms with Crippen LogP contribution in [0.2, 0.25) is 13.3 Å². The molecule has 0 unspecified atom stereocenters. The van der Waals surface area contributed by atoms with E-state index >= 15 is 0 Å². The zero-order chi connectivity index (χ0) is 15.3. The molecule has 0 heterocycles. The van der Waals surface area contributed by atoms with E-state index < -0.39 is 18.4 Å². The number of hydrogen-bond acceptors (Lipinski definition) is 0. The molecule has 0 aromatic carbocycles. The zero-order valence-corrected chi connectivity index (χ0v) is 17.9. The molecule has 0 aliphatic heterocycles. The average molecular weight is 387 g/mol. The van der Waals surface area contributed by atoms with Crippen LogP contribution in [-0.2, 0) is 0 Å². The molecule has 0 spiro atoms. The van der Waals surface area contributed by atoms with Gasteiger partial charge in [-0.05, 0) is 0 Å². The van der Waals surface area contributed by atoms with Gasteiger partial charge in [-0.15, -0.1) is 0 Å². The van der Waals surface area contributed by atoms with Gasteiger partial charge in [-0.25, -0.2) is 0 Å². The van der Waals surface area contributed by atoms with E-state index in [9.17, 15) is 0 Å². The Morgan fingerprint density at radius 3 is 1.60 bits per heavy atom. The van der Waals surface area contributed by atoms with Crippen molar-refractivity contribution in [2.45, 2.75) is 99.3 Å². The molecular formula is C19H40Sn. The van der Waals surface area contributed by atoms with E-state index in [0.717, 1.165) is 5.92 Å². The van der Waals surface area contributed by atoms with Crippen LogP contribution in [0.1, 0.15) is 86.0 Å². The predicted molar refractivity (Wildman–Crippen MR) is 98.1 cm³/mol. The van der Waals surface area contributed by atoms with E-state index in [2.05, 4.69) is 44.8 Å². The fourth-order valence-corrected chi connectivity index (χ4v) is 17.5. The van der Waals surface area contributed by atoms with Crippen LogP contribution in [0.5, 0.6) is 0 Å². The third kappa shape index (κ3) is 10.3. The first kappa shape index (κ1) is 20.5. The van der Waals surface area contributed by atoms with E-state index in [4.69, 9.17) is 0 Å². The summed E-state index contributed by atoms with van der Waals surface area (Å²) in [5.41, 5.74) is 0. The van der Waals surface area contributed by atoms with Crippen LogP contribution in [0.25, 0.3) is 0 Å². The number of rotatable bonds is 13. The first-order valence-corrected chi connectivity index (χ1v) is 17.0. The van der Waals surface area contributed by atoms with Crippen LogP contribution in [0.4, 0.5) is 0 Å². The maximum atomic E-state index is 2.83. The van der Waals surface area contributed by atoms with Gasteiger partial charge in [0.25, 0.3) is 0 Å².